The van der Waals surface area contributed by atoms with Crippen molar-refractivity contribution in [1.29, 1.82) is 0 Å². The second kappa shape index (κ2) is 8.78. The van der Waals surface area contributed by atoms with Gasteiger partial charge in [0.2, 0.25) is 5.88 Å². The number of halogens is 2. The Labute approximate surface area is 197 Å². The molecule has 0 unspecified atom stereocenters. The number of nitrogens with one attached hydrogen (secondary N) is 2. The van der Waals surface area contributed by atoms with Gasteiger partial charge in [-0.3, -0.25) is 14.2 Å². The van der Waals surface area contributed by atoms with E-state index >= 15 is 0 Å². The van der Waals surface area contributed by atoms with Gasteiger partial charge < -0.3 is 15.4 Å². The van der Waals surface area contributed by atoms with Crippen LogP contribution in [0.3, 0.4) is 0 Å². The van der Waals surface area contributed by atoms with Crippen LogP contribution in [0.1, 0.15) is 5.56 Å². The number of nitrogens with zero attached hydrogens (tertiary/aromatic N) is 5. The predicted octanol–water partition coefficient (Wildman–Crippen LogP) is 5.08. The Morgan fingerprint density at radius 3 is 2.74 bits per heavy atom. The lowest BCUT2D eigenvalue weighted by molar-refractivity contribution is -0.114. The van der Waals surface area contributed by atoms with Gasteiger partial charge in [-0.05, 0) is 42.8 Å². The molecule has 3 aromatic heterocycles. The second-order valence-corrected chi connectivity index (χ2v) is 7.60. The molecule has 9 nitrogen and oxygen atoms in total. The molecule has 5 rings (SSSR count). The Bertz CT molecular complexity index is 1620. The highest BCUT2D eigenvalue weighted by molar-refractivity contribution is 6.04. The van der Waals surface area contributed by atoms with Crippen molar-refractivity contribution < 1.29 is 18.3 Å². The minimum Gasteiger partial charge on any atom is -0.439 e. The lowest BCUT2D eigenvalue weighted by atomic mass is 10.1. The van der Waals surface area contributed by atoms with E-state index in [-0.39, 0.29) is 5.69 Å². The summed E-state index contributed by atoms with van der Waals surface area (Å²) in [6, 6.07) is 11.4. The van der Waals surface area contributed by atoms with Crippen LogP contribution in [-0.2, 0) is 4.79 Å². The van der Waals surface area contributed by atoms with E-state index in [2.05, 4.69) is 37.4 Å². The number of amides is 1. The number of aryl methyl sites for hydroxylation is 1. The highest BCUT2D eigenvalue weighted by Gasteiger charge is 2.14. The maximum absolute atomic E-state index is 14.4. The van der Waals surface area contributed by atoms with Crippen LogP contribution < -0.4 is 15.4 Å². The summed E-state index contributed by atoms with van der Waals surface area (Å²) in [6.45, 7) is 4.80. The summed E-state index contributed by atoms with van der Waals surface area (Å²) in [7, 11) is 0. The van der Waals surface area contributed by atoms with Gasteiger partial charge in [0.05, 0.1) is 11.2 Å². The molecule has 0 aliphatic carbocycles. The minimum absolute atomic E-state index is 0.186. The van der Waals surface area contributed by atoms with E-state index in [0.29, 0.717) is 33.9 Å². The summed E-state index contributed by atoms with van der Waals surface area (Å²) in [5.41, 5.74) is 2.95. The van der Waals surface area contributed by atoms with Crippen LogP contribution in [0.25, 0.3) is 16.6 Å². The van der Waals surface area contributed by atoms with Gasteiger partial charge in [-0.2, -0.15) is 0 Å². The summed E-state index contributed by atoms with van der Waals surface area (Å²) in [5, 5.41) is 13.7. The normalized spacial score (nSPS) is 10.9. The molecule has 0 saturated heterocycles. The van der Waals surface area contributed by atoms with Gasteiger partial charge in [-0.15, -0.1) is 10.2 Å². The second-order valence-electron chi connectivity index (χ2n) is 7.60. The van der Waals surface area contributed by atoms with Crippen molar-refractivity contribution in [3.05, 3.63) is 85.1 Å². The number of carbonyl (C=O) groups excluding carboxylic acids is 1. The van der Waals surface area contributed by atoms with Gasteiger partial charge in [0.25, 0.3) is 5.91 Å². The lowest BCUT2D eigenvalue weighted by Crippen LogP contribution is -2.12. The Hall–Kier alpha value is -4.93. The highest BCUT2D eigenvalue weighted by Crippen LogP contribution is 2.32. The molecule has 11 heteroatoms. The Morgan fingerprint density at radius 2 is 1.94 bits per heavy atom. The first-order valence-electron chi connectivity index (χ1n) is 10.3. The number of rotatable bonds is 6. The van der Waals surface area contributed by atoms with Crippen LogP contribution in [0, 0.1) is 12.7 Å². The number of pyridine rings is 1. The summed E-state index contributed by atoms with van der Waals surface area (Å²) < 4.78 is 35.0. The average molecular weight is 473 g/mol. The smallest absolute Gasteiger partial charge is 0.283 e. The fourth-order valence-corrected chi connectivity index (χ4v) is 3.44. The summed E-state index contributed by atoms with van der Waals surface area (Å²) in [5.74, 6) is -2.10. The average Bonchev–Trinajstić information content (AvgIpc) is 3.29. The minimum atomic E-state index is -1.22. The first kappa shape index (κ1) is 21.9. The molecule has 0 aliphatic heterocycles. The first-order chi connectivity index (χ1) is 16.9. The topological polar surface area (TPSA) is 106 Å². The zero-order valence-corrected chi connectivity index (χ0v) is 18.3. The number of ether oxygens (including phenoxy) is 1. The number of benzene rings is 2. The molecule has 3 heterocycles. The molecule has 35 heavy (non-hydrogen) atoms. The molecule has 0 bridgehead atoms. The van der Waals surface area contributed by atoms with Gasteiger partial charge in [0.15, 0.2) is 11.5 Å². The molecule has 2 N–H and O–H groups in total. The van der Waals surface area contributed by atoms with E-state index in [1.807, 2.05) is 19.1 Å². The predicted molar refractivity (Wildman–Crippen MR) is 126 cm³/mol. The van der Waals surface area contributed by atoms with Crippen LogP contribution in [0.5, 0.6) is 11.6 Å². The summed E-state index contributed by atoms with van der Waals surface area (Å²) >= 11 is 0. The van der Waals surface area contributed by atoms with Gasteiger partial charge >= 0.3 is 0 Å². The quantitative estimate of drug-likeness (QED) is 0.331. The van der Waals surface area contributed by atoms with E-state index in [9.17, 15) is 13.6 Å². The molecule has 0 spiro atoms. The number of carbonyl (C=O) groups is 1. The maximum atomic E-state index is 14.4. The molecule has 174 valence electrons. The molecule has 0 atom stereocenters. The van der Waals surface area contributed by atoms with Crippen molar-refractivity contribution in [3.8, 4) is 11.6 Å². The van der Waals surface area contributed by atoms with Crippen LogP contribution in [0.2, 0.25) is 0 Å². The molecule has 0 aliphatic rings. The van der Waals surface area contributed by atoms with Crippen molar-refractivity contribution in [2.45, 2.75) is 6.92 Å². The molecule has 0 radical (unpaired) electrons. The molecule has 2 aromatic carbocycles. The molecule has 1 amide bonds. The van der Waals surface area contributed by atoms with Crippen LogP contribution in [0.4, 0.5) is 25.8 Å². The van der Waals surface area contributed by atoms with Gasteiger partial charge in [-0.1, -0.05) is 6.58 Å². The van der Waals surface area contributed by atoms with Crippen LogP contribution in [0.15, 0.2) is 73.7 Å². The largest absolute Gasteiger partial charge is 0.439 e. The fourth-order valence-electron chi connectivity index (χ4n) is 3.44. The summed E-state index contributed by atoms with van der Waals surface area (Å²) in [6.07, 6.45) is 4.64. The van der Waals surface area contributed by atoms with Gasteiger partial charge in [0, 0.05) is 35.1 Å². The molecular formula is C24H17F2N7O2. The van der Waals surface area contributed by atoms with E-state index in [0.717, 1.165) is 11.3 Å². The molecular weight excluding hydrogens is 456 g/mol. The molecule has 0 saturated carbocycles. The van der Waals surface area contributed by atoms with Crippen LogP contribution in [-0.4, -0.2) is 30.5 Å². The van der Waals surface area contributed by atoms with Crippen molar-refractivity contribution >= 4 is 39.5 Å². The standard InChI is InChI=1S/C24H17F2N7O2/c1-13-7-15(3-4-21(13)35-23-10-22-32-29-12-33(22)11-28-23)30-18-5-6-27-19-9-17(26)20(8-16(18)19)31-24(34)14(2)25/h3-12H,2H2,1H3,(H,27,30)(H,31,34). The number of anilines is 3. The van der Waals surface area contributed by atoms with E-state index in [4.69, 9.17) is 4.74 Å². The Morgan fingerprint density at radius 1 is 1.09 bits per heavy atom. The zero-order chi connectivity index (χ0) is 24.5. The van der Waals surface area contributed by atoms with Crippen molar-refractivity contribution in [2.75, 3.05) is 10.6 Å². The lowest BCUT2D eigenvalue weighted by Gasteiger charge is -2.14. The monoisotopic (exact) mass is 473 g/mol. The SMILES string of the molecule is C=C(F)C(=O)Nc1cc2c(Nc3ccc(Oc4cc5nncn5cn4)c(C)c3)ccnc2cc1F. The van der Waals surface area contributed by atoms with Gasteiger partial charge in [0.1, 0.15) is 24.2 Å². The highest BCUT2D eigenvalue weighted by atomic mass is 19.1. The van der Waals surface area contributed by atoms with E-state index in [1.54, 1.807) is 35.3 Å². The van der Waals surface area contributed by atoms with Crippen LogP contribution >= 0.6 is 0 Å². The zero-order valence-electron chi connectivity index (χ0n) is 18.3. The molecule has 0 fully saturated rings. The number of aromatic nitrogens is 5. The fraction of sp³-hybridized carbons (Fsp3) is 0.0417. The van der Waals surface area contributed by atoms with E-state index in [1.165, 1.54) is 18.3 Å². The Balaban J connectivity index is 1.41. The summed E-state index contributed by atoms with van der Waals surface area (Å²) in [4.78, 5) is 20.0. The van der Waals surface area contributed by atoms with Crippen molar-refractivity contribution in [3.63, 3.8) is 0 Å². The third kappa shape index (κ3) is 4.47. The van der Waals surface area contributed by atoms with Gasteiger partial charge in [-0.25, -0.2) is 13.8 Å². The number of hydrogen-bond donors (Lipinski definition) is 2. The maximum Gasteiger partial charge on any atom is 0.283 e. The van der Waals surface area contributed by atoms with Crippen molar-refractivity contribution in [2.24, 2.45) is 0 Å². The number of hydrogen-bond acceptors (Lipinski definition) is 7. The third-order valence-corrected chi connectivity index (χ3v) is 5.16. The first-order valence-corrected chi connectivity index (χ1v) is 10.3. The molecule has 5 aromatic rings. The Kier molecular flexibility index (Phi) is 5.49. The third-order valence-electron chi connectivity index (χ3n) is 5.16. The van der Waals surface area contributed by atoms with Crippen molar-refractivity contribution in [1.82, 2.24) is 24.6 Å². The number of fused-ring (bicyclic) bond motifs is 2. The van der Waals surface area contributed by atoms with E-state index < -0.39 is 17.6 Å².